The SMILES string of the molecule is O=C(CCC(NC(=O)CC[C@H](NC(=O)CCCCC(=O)ON1C(=O)CCC1=O)C(=O)NCCO[C@H]1O[C@H](CO)[C@@H](O)[C@H](O)[C@@H]1O)C(=O)NCCO[C@H]1O[C@H](CO)[C@@H](O)[C@H](O)[C@@H]1O)NCCO[C@H]1O[C@H](CO)[C@@H](O)[C@H](O)[C@@H]1O. The Morgan fingerprint density at radius 3 is 1.22 bits per heavy atom. The number of hydrogen-bond donors (Lipinski definition) is 17. The van der Waals surface area contributed by atoms with Gasteiger partial charge in [-0.25, -0.2) is 4.79 Å². The maximum atomic E-state index is 13.5. The second-order valence-corrected chi connectivity index (χ2v) is 18.2. The van der Waals surface area contributed by atoms with Gasteiger partial charge in [-0.1, -0.05) is 0 Å². The summed E-state index contributed by atoms with van der Waals surface area (Å²) in [4.78, 5) is 107. The van der Waals surface area contributed by atoms with Crippen molar-refractivity contribution in [1.82, 2.24) is 31.6 Å². The number of aliphatic hydroxyl groups is 12. The topological polar surface area (TPSA) is 507 Å². The Labute approximate surface area is 438 Å². The van der Waals surface area contributed by atoms with Gasteiger partial charge in [-0.05, 0) is 25.7 Å². The van der Waals surface area contributed by atoms with Crippen LogP contribution in [-0.4, -0.2) is 277 Å². The molecule has 440 valence electrons. The summed E-state index contributed by atoms with van der Waals surface area (Å²) in [6.45, 7) is -4.12. The summed E-state index contributed by atoms with van der Waals surface area (Å²) in [6, 6.07) is -2.93. The molecule has 17 N–H and O–H groups in total. The Bertz CT molecular complexity index is 1920. The van der Waals surface area contributed by atoms with Gasteiger partial charge in [-0.15, -0.1) is 5.06 Å². The molecule has 77 heavy (non-hydrogen) atoms. The average molecular weight is 1120 g/mol. The molecule has 0 aliphatic carbocycles. The molecule has 4 rings (SSSR count). The van der Waals surface area contributed by atoms with Crippen molar-refractivity contribution in [2.45, 2.75) is 168 Å². The van der Waals surface area contributed by atoms with Crippen LogP contribution < -0.4 is 26.6 Å². The Balaban J connectivity index is 1.36. The average Bonchev–Trinajstić information content (AvgIpc) is 3.72. The highest BCUT2D eigenvalue weighted by Gasteiger charge is 2.46. The highest BCUT2D eigenvalue weighted by Crippen LogP contribution is 2.24. The largest absolute Gasteiger partial charge is 0.394 e. The molecule has 0 aromatic rings. The maximum absolute atomic E-state index is 13.5. The van der Waals surface area contributed by atoms with E-state index in [4.69, 9.17) is 33.3 Å². The van der Waals surface area contributed by atoms with Crippen LogP contribution in [0.25, 0.3) is 0 Å². The van der Waals surface area contributed by atoms with Crippen molar-refractivity contribution in [3.05, 3.63) is 0 Å². The van der Waals surface area contributed by atoms with Crippen LogP contribution in [0.3, 0.4) is 0 Å². The molecule has 4 fully saturated rings. The third kappa shape index (κ3) is 19.5. The van der Waals surface area contributed by atoms with Crippen molar-refractivity contribution in [3.8, 4) is 0 Å². The number of nitrogens with zero attached hydrogens (tertiary/aromatic N) is 1. The third-order valence-corrected chi connectivity index (χ3v) is 12.5. The maximum Gasteiger partial charge on any atom is 0.333 e. The molecule has 7 amide bonds. The van der Waals surface area contributed by atoms with E-state index in [-0.39, 0.29) is 77.8 Å². The van der Waals surface area contributed by atoms with Crippen molar-refractivity contribution >= 4 is 47.3 Å². The van der Waals surface area contributed by atoms with Crippen LogP contribution >= 0.6 is 0 Å². The van der Waals surface area contributed by atoms with Crippen molar-refractivity contribution in [1.29, 1.82) is 0 Å². The predicted molar refractivity (Wildman–Crippen MR) is 246 cm³/mol. The number of carbonyl (C=O) groups is 8. The number of imide groups is 1. The Morgan fingerprint density at radius 2 is 0.831 bits per heavy atom. The standard InChI is InChI=1S/C44H72N6O27/c51-17-22-31(60)34(63)37(66)42(74-22)71-14-11-45-25(54)7-5-20(40(69)46-12-15-72-43-38(67)35(64)32(61)23(18-52)75-43)49-27(56)8-6-21(41(70)47-13-16-73-44-39(68)36(65)33(62)24(19-53)76-44)48-26(55)3-1-2-4-30(59)77-50-28(57)9-10-29(50)58/h20-24,31-39,42-44,51-53,60-68H,1-19H2,(H,45,54)(H,46,69)(H,47,70)(H,48,55)(H,49,56)/t20?,21-,22+,23+,24+,31+,32+,33+,34-,35-,36-,37-,38-,39-,42-,43-,44-/m0/s1. The number of hydrogen-bond acceptors (Lipinski definition) is 27. The molecule has 0 saturated carbocycles. The van der Waals surface area contributed by atoms with Crippen molar-refractivity contribution in [2.75, 3.05) is 59.3 Å². The summed E-state index contributed by atoms with van der Waals surface area (Å²) < 4.78 is 32.0. The van der Waals surface area contributed by atoms with E-state index in [0.29, 0.717) is 5.06 Å². The highest BCUT2D eigenvalue weighted by atomic mass is 16.7. The summed E-state index contributed by atoms with van der Waals surface area (Å²) in [6.07, 6.45) is -26.2. The van der Waals surface area contributed by atoms with Gasteiger partial charge in [0.05, 0.1) is 39.6 Å². The molecule has 0 aromatic heterocycles. The van der Waals surface area contributed by atoms with Crippen molar-refractivity contribution in [3.63, 3.8) is 0 Å². The zero-order chi connectivity index (χ0) is 56.9. The first-order chi connectivity index (χ1) is 36.6. The summed E-state index contributed by atoms with van der Waals surface area (Å²) in [5.74, 6) is -6.29. The minimum atomic E-state index is -1.75. The number of amides is 7. The monoisotopic (exact) mass is 1120 g/mol. The van der Waals surface area contributed by atoms with Gasteiger partial charge in [-0.3, -0.25) is 33.6 Å². The molecule has 0 spiro atoms. The van der Waals surface area contributed by atoms with Gasteiger partial charge >= 0.3 is 5.97 Å². The highest BCUT2D eigenvalue weighted by molar-refractivity contribution is 6.01. The van der Waals surface area contributed by atoms with Crippen LogP contribution in [0.1, 0.15) is 64.2 Å². The predicted octanol–water partition coefficient (Wildman–Crippen LogP) is -10.5. The number of ether oxygens (including phenoxy) is 6. The minimum absolute atomic E-state index is 0.0494. The van der Waals surface area contributed by atoms with Gasteiger partial charge in [0.2, 0.25) is 29.5 Å². The lowest BCUT2D eigenvalue weighted by atomic mass is 9.99. The minimum Gasteiger partial charge on any atom is -0.394 e. The zero-order valence-corrected chi connectivity index (χ0v) is 41.7. The normalized spacial score (nSPS) is 31.2. The number of carbonyl (C=O) groups excluding carboxylic acids is 8. The second kappa shape index (κ2) is 32.3. The fraction of sp³-hybridized carbons (Fsp3) is 0.818. The van der Waals surface area contributed by atoms with E-state index in [0.717, 1.165) is 0 Å². The van der Waals surface area contributed by atoms with E-state index in [2.05, 4.69) is 26.6 Å². The summed E-state index contributed by atoms with van der Waals surface area (Å²) in [5, 5.41) is 132. The van der Waals surface area contributed by atoms with Crippen molar-refractivity contribution < 1.29 is 133 Å². The summed E-state index contributed by atoms with van der Waals surface area (Å²) >= 11 is 0. The van der Waals surface area contributed by atoms with E-state index in [9.17, 15) is 99.6 Å². The quantitative estimate of drug-likeness (QED) is 0.0226. The van der Waals surface area contributed by atoms with Gasteiger partial charge in [0.15, 0.2) is 18.9 Å². The van der Waals surface area contributed by atoms with E-state index >= 15 is 0 Å². The van der Waals surface area contributed by atoms with Crippen LogP contribution in [0.4, 0.5) is 0 Å². The third-order valence-electron chi connectivity index (χ3n) is 12.5. The fourth-order valence-electron chi connectivity index (χ4n) is 8.00. The van der Waals surface area contributed by atoms with Crippen LogP contribution in [-0.2, 0) is 71.6 Å². The number of unbranched alkanes of at least 4 members (excludes halogenated alkanes) is 1. The molecule has 4 saturated heterocycles. The molecule has 4 heterocycles. The molecule has 0 aromatic carbocycles. The first kappa shape index (κ1) is 64.8. The number of rotatable bonds is 31. The molecular weight excluding hydrogens is 1040 g/mol. The van der Waals surface area contributed by atoms with Crippen LogP contribution in [0.2, 0.25) is 0 Å². The lowest BCUT2D eigenvalue weighted by Crippen LogP contribution is -2.59. The molecule has 33 heteroatoms. The molecule has 1 unspecified atom stereocenters. The summed E-state index contributed by atoms with van der Waals surface area (Å²) in [5.41, 5.74) is 0. The van der Waals surface area contributed by atoms with Crippen LogP contribution in [0, 0.1) is 0 Å². The lowest BCUT2D eigenvalue weighted by molar-refractivity contribution is -0.300. The zero-order valence-electron chi connectivity index (χ0n) is 41.7. The molecule has 0 bridgehead atoms. The molecule has 17 atom stereocenters. The second-order valence-electron chi connectivity index (χ2n) is 18.2. The number of nitrogens with one attached hydrogen (secondary N) is 5. The summed E-state index contributed by atoms with van der Waals surface area (Å²) in [7, 11) is 0. The van der Waals surface area contributed by atoms with Gasteiger partial charge in [0.25, 0.3) is 11.8 Å². The fourth-order valence-corrected chi connectivity index (χ4v) is 8.00. The van der Waals surface area contributed by atoms with Gasteiger partial charge in [0, 0.05) is 58.2 Å². The van der Waals surface area contributed by atoms with Crippen LogP contribution in [0.15, 0.2) is 0 Å². The lowest BCUT2D eigenvalue weighted by Gasteiger charge is -2.39. The number of aliphatic hydroxyl groups excluding tert-OH is 12. The molecule has 4 aliphatic rings. The Morgan fingerprint density at radius 1 is 0.481 bits per heavy atom. The van der Waals surface area contributed by atoms with E-state index in [1.165, 1.54) is 0 Å². The van der Waals surface area contributed by atoms with Gasteiger partial charge < -0.3 is 121 Å². The molecule has 4 aliphatic heterocycles. The van der Waals surface area contributed by atoms with E-state index in [1.54, 1.807) is 0 Å². The van der Waals surface area contributed by atoms with E-state index in [1.807, 2.05) is 0 Å². The Hall–Kier alpha value is -4.76. The molecular formula is C44H72N6O27. The Kier molecular flexibility index (Phi) is 27.2. The van der Waals surface area contributed by atoms with Gasteiger partial charge in [-0.2, -0.15) is 0 Å². The molecule has 0 radical (unpaired) electrons. The van der Waals surface area contributed by atoms with Gasteiger partial charge in [0.1, 0.15) is 85.3 Å². The first-order valence-corrected chi connectivity index (χ1v) is 24.9. The van der Waals surface area contributed by atoms with Crippen LogP contribution in [0.5, 0.6) is 0 Å². The number of hydroxylamine groups is 2. The smallest absolute Gasteiger partial charge is 0.333 e. The molecule has 33 nitrogen and oxygen atoms in total. The van der Waals surface area contributed by atoms with Crippen molar-refractivity contribution in [2.24, 2.45) is 0 Å². The van der Waals surface area contributed by atoms with E-state index < -0.39 is 197 Å². The first-order valence-electron chi connectivity index (χ1n) is 24.9.